The first-order valence-corrected chi connectivity index (χ1v) is 9.20. The van der Waals surface area contributed by atoms with Crippen LogP contribution in [0.15, 0.2) is 0 Å². The minimum absolute atomic E-state index is 0.118. The van der Waals surface area contributed by atoms with Crippen molar-refractivity contribution >= 4 is 0 Å². The lowest BCUT2D eigenvalue weighted by atomic mass is 10.0. The Balaban J connectivity index is 2.89. The molecular weight excluding hydrogens is 246 g/mol. The fourth-order valence-electron chi connectivity index (χ4n) is 2.72. The summed E-state index contributed by atoms with van der Waals surface area (Å²) in [4.78, 5) is 0. The number of rotatable bonds is 17. The van der Waals surface area contributed by atoms with Crippen LogP contribution in [0.1, 0.15) is 103 Å². The third-order valence-corrected chi connectivity index (χ3v) is 4.10. The lowest BCUT2D eigenvalue weighted by Gasteiger charge is -2.03. The van der Waals surface area contributed by atoms with Gasteiger partial charge in [0.15, 0.2) is 0 Å². The summed E-state index contributed by atoms with van der Waals surface area (Å²) < 4.78 is 0. The van der Waals surface area contributed by atoms with Crippen LogP contribution < -0.4 is 5.73 Å². The Bertz CT molecular complexity index is 143. The molecule has 0 saturated carbocycles. The highest BCUT2D eigenvalue weighted by Crippen LogP contribution is 2.13. The quantitative estimate of drug-likeness (QED) is 0.346. The Labute approximate surface area is 127 Å². The maximum absolute atomic E-state index is 10.3. The predicted octanol–water partition coefficient (Wildman–Crippen LogP) is 5.62. The summed E-state index contributed by atoms with van der Waals surface area (Å²) in [6.45, 7) is 0.978. The molecule has 0 bridgehead atoms. The average Bonchev–Trinajstić information content (AvgIpc) is 2.47. The topological polar surface area (TPSA) is 45.9 Å². The molecule has 0 heterocycles. The summed E-state index contributed by atoms with van der Waals surface area (Å²) >= 11 is 0. The van der Waals surface area contributed by atoms with Gasteiger partial charge in [0.2, 0.25) is 0 Å². The zero-order valence-electron chi connectivity index (χ0n) is 13.7. The van der Waals surface area contributed by atoms with Gasteiger partial charge in [0.1, 0.15) is 0 Å². The third-order valence-electron chi connectivity index (χ3n) is 4.10. The van der Waals surface area contributed by atoms with E-state index in [9.17, 15) is 5.11 Å². The Hall–Kier alpha value is -0.0800. The zero-order chi connectivity index (χ0) is 14.7. The van der Waals surface area contributed by atoms with E-state index in [1.807, 2.05) is 0 Å². The molecule has 0 saturated heterocycles. The van der Waals surface area contributed by atoms with Gasteiger partial charge in [0.25, 0.3) is 0 Å². The van der Waals surface area contributed by atoms with E-state index in [1.165, 1.54) is 89.9 Å². The van der Waals surface area contributed by atoms with Crippen LogP contribution in [0.5, 0.6) is 0 Å². The Morgan fingerprint density at radius 2 is 0.650 bits per heavy atom. The molecule has 121 valence electrons. The standard InChI is InChI=1S/C18H38NO/c19-17-15-13-11-9-7-5-3-1-2-4-6-8-10-12-14-16-18-20/h1-19H2. The Morgan fingerprint density at radius 1 is 0.400 bits per heavy atom. The lowest BCUT2D eigenvalue weighted by Crippen LogP contribution is -1.97. The van der Waals surface area contributed by atoms with Gasteiger partial charge in [-0.3, -0.25) is 0 Å². The second kappa shape index (κ2) is 18.9. The van der Waals surface area contributed by atoms with E-state index in [2.05, 4.69) is 0 Å². The molecule has 0 spiro atoms. The Morgan fingerprint density at radius 3 is 0.900 bits per heavy atom. The second-order valence-electron chi connectivity index (χ2n) is 6.15. The monoisotopic (exact) mass is 284 g/mol. The zero-order valence-corrected chi connectivity index (χ0v) is 13.7. The molecule has 0 aromatic heterocycles. The van der Waals surface area contributed by atoms with Gasteiger partial charge < -0.3 is 5.73 Å². The van der Waals surface area contributed by atoms with Crippen molar-refractivity contribution in [1.29, 1.82) is 0 Å². The third kappa shape index (κ3) is 17.9. The molecule has 1 radical (unpaired) electrons. The highest BCUT2D eigenvalue weighted by molar-refractivity contribution is 4.50. The van der Waals surface area contributed by atoms with E-state index >= 15 is 0 Å². The lowest BCUT2D eigenvalue weighted by molar-refractivity contribution is 0.186. The summed E-state index contributed by atoms with van der Waals surface area (Å²) in [5.74, 6) is 0. The van der Waals surface area contributed by atoms with Gasteiger partial charge >= 0.3 is 0 Å². The molecule has 20 heavy (non-hydrogen) atoms. The van der Waals surface area contributed by atoms with Gasteiger partial charge in [-0.1, -0.05) is 89.9 Å². The normalized spacial score (nSPS) is 11.1. The molecule has 0 aromatic rings. The highest BCUT2D eigenvalue weighted by Gasteiger charge is 1.94. The van der Waals surface area contributed by atoms with Gasteiger partial charge in [-0.05, 0) is 19.4 Å². The fraction of sp³-hybridized carbons (Fsp3) is 1.00. The molecule has 0 aliphatic rings. The number of unbranched alkanes of at least 4 members (excludes halogenated alkanes) is 15. The van der Waals surface area contributed by atoms with Crippen molar-refractivity contribution in [3.8, 4) is 0 Å². The van der Waals surface area contributed by atoms with Crippen LogP contribution in [-0.2, 0) is 5.11 Å². The first-order valence-electron chi connectivity index (χ1n) is 9.20. The predicted molar refractivity (Wildman–Crippen MR) is 88.5 cm³/mol. The second-order valence-corrected chi connectivity index (χ2v) is 6.15. The molecule has 2 heteroatoms. The van der Waals surface area contributed by atoms with Crippen molar-refractivity contribution < 1.29 is 5.11 Å². The van der Waals surface area contributed by atoms with E-state index in [4.69, 9.17) is 5.73 Å². The van der Waals surface area contributed by atoms with Crippen LogP contribution in [0.2, 0.25) is 0 Å². The molecule has 2 N–H and O–H groups in total. The molecule has 0 aromatic carbocycles. The number of nitrogens with two attached hydrogens (primary N) is 1. The highest BCUT2D eigenvalue weighted by atomic mass is 16.2. The van der Waals surface area contributed by atoms with Crippen molar-refractivity contribution in [3.63, 3.8) is 0 Å². The van der Waals surface area contributed by atoms with Crippen molar-refractivity contribution in [2.75, 3.05) is 13.2 Å². The van der Waals surface area contributed by atoms with Gasteiger partial charge in [0, 0.05) is 0 Å². The molecule has 0 amide bonds. The van der Waals surface area contributed by atoms with Crippen molar-refractivity contribution in [2.24, 2.45) is 5.73 Å². The van der Waals surface area contributed by atoms with Crippen LogP contribution in [0, 0.1) is 0 Å². The largest absolute Gasteiger partial charge is 0.330 e. The van der Waals surface area contributed by atoms with Gasteiger partial charge in [-0.2, -0.15) is 0 Å². The molecular formula is C18H38NO. The molecule has 0 atom stereocenters. The molecule has 0 rings (SSSR count). The van der Waals surface area contributed by atoms with Gasteiger partial charge in [0.05, 0.1) is 6.61 Å². The van der Waals surface area contributed by atoms with E-state index in [0.29, 0.717) is 0 Å². The minimum Gasteiger partial charge on any atom is -0.330 e. The summed E-state index contributed by atoms with van der Waals surface area (Å²) in [5, 5.41) is 10.3. The van der Waals surface area contributed by atoms with Crippen molar-refractivity contribution in [2.45, 2.75) is 103 Å². The van der Waals surface area contributed by atoms with E-state index < -0.39 is 0 Å². The summed E-state index contributed by atoms with van der Waals surface area (Å²) in [6.07, 6.45) is 21.3. The first-order chi connectivity index (χ1) is 9.91. The van der Waals surface area contributed by atoms with E-state index in [0.717, 1.165) is 19.4 Å². The van der Waals surface area contributed by atoms with Crippen molar-refractivity contribution in [3.05, 3.63) is 0 Å². The van der Waals surface area contributed by atoms with Crippen LogP contribution in [0.3, 0.4) is 0 Å². The first kappa shape index (κ1) is 19.9. The molecule has 0 fully saturated rings. The SMILES string of the molecule is NCCCCCCCCCCCCCCCCCC[O]. The molecule has 0 unspecified atom stereocenters. The molecule has 0 aliphatic heterocycles. The smallest absolute Gasteiger partial charge is 0.0822 e. The fourth-order valence-corrected chi connectivity index (χ4v) is 2.72. The van der Waals surface area contributed by atoms with E-state index in [-0.39, 0.29) is 6.61 Å². The van der Waals surface area contributed by atoms with Crippen LogP contribution in [0.25, 0.3) is 0 Å². The van der Waals surface area contributed by atoms with Crippen molar-refractivity contribution in [1.82, 2.24) is 0 Å². The summed E-state index contributed by atoms with van der Waals surface area (Å²) in [6, 6.07) is 0. The Kier molecular flexibility index (Phi) is 18.8. The van der Waals surface area contributed by atoms with Crippen LogP contribution >= 0.6 is 0 Å². The van der Waals surface area contributed by atoms with Crippen LogP contribution in [0.4, 0.5) is 0 Å². The maximum Gasteiger partial charge on any atom is 0.0822 e. The number of hydrogen-bond donors (Lipinski definition) is 1. The van der Waals surface area contributed by atoms with Gasteiger partial charge in [-0.15, -0.1) is 0 Å². The average molecular weight is 285 g/mol. The summed E-state index contributed by atoms with van der Waals surface area (Å²) in [7, 11) is 0. The number of hydrogen-bond acceptors (Lipinski definition) is 1. The molecule has 0 aliphatic carbocycles. The maximum atomic E-state index is 10.3. The van der Waals surface area contributed by atoms with E-state index in [1.54, 1.807) is 0 Å². The molecule has 2 nitrogen and oxygen atoms in total. The minimum atomic E-state index is 0.118. The summed E-state index contributed by atoms with van der Waals surface area (Å²) in [5.41, 5.74) is 5.48. The van der Waals surface area contributed by atoms with Gasteiger partial charge in [-0.25, -0.2) is 5.11 Å². The van der Waals surface area contributed by atoms with Crippen LogP contribution in [-0.4, -0.2) is 13.2 Å².